The maximum Gasteiger partial charge on any atom is 0.178 e. The lowest BCUT2D eigenvalue weighted by Crippen LogP contribution is -2.41. The maximum atomic E-state index is 12.1. The molecule has 0 radical (unpaired) electrons. The van der Waals surface area contributed by atoms with Crippen LogP contribution >= 0.6 is 0 Å². The van der Waals surface area contributed by atoms with Crippen LogP contribution in [-0.4, -0.2) is 45.1 Å². The van der Waals surface area contributed by atoms with Crippen LogP contribution in [0.15, 0.2) is 29.2 Å². The summed E-state index contributed by atoms with van der Waals surface area (Å²) < 4.78 is 29.1. The van der Waals surface area contributed by atoms with Crippen molar-refractivity contribution in [1.29, 1.82) is 0 Å². The highest BCUT2D eigenvalue weighted by atomic mass is 32.2. The number of sulfone groups is 1. The number of ether oxygens (including phenoxy) is 1. The van der Waals surface area contributed by atoms with E-state index in [1.807, 2.05) is 12.1 Å². The smallest absolute Gasteiger partial charge is 0.178 e. The maximum absolute atomic E-state index is 12.1. The van der Waals surface area contributed by atoms with E-state index in [1.165, 1.54) is 0 Å². The van der Waals surface area contributed by atoms with Gasteiger partial charge in [-0.15, -0.1) is 0 Å². The summed E-state index contributed by atoms with van der Waals surface area (Å²) >= 11 is 0. The number of rotatable bonds is 6. The molecule has 2 rings (SSSR count). The van der Waals surface area contributed by atoms with E-state index in [9.17, 15) is 13.5 Å². The Balaban J connectivity index is 2.09. The molecule has 2 N–H and O–H groups in total. The molecule has 0 saturated heterocycles. The van der Waals surface area contributed by atoms with Crippen LogP contribution in [0.4, 0.5) is 0 Å². The number of nitrogens with one attached hydrogen (secondary N) is 1. The lowest BCUT2D eigenvalue weighted by Gasteiger charge is -2.30. The van der Waals surface area contributed by atoms with Crippen LogP contribution in [-0.2, 0) is 14.6 Å². The summed E-state index contributed by atoms with van der Waals surface area (Å²) in [7, 11) is -1.56. The van der Waals surface area contributed by atoms with Crippen molar-refractivity contribution in [1.82, 2.24) is 5.32 Å². The molecule has 1 aliphatic heterocycles. The van der Waals surface area contributed by atoms with Crippen molar-refractivity contribution in [3.05, 3.63) is 29.8 Å². The normalized spacial score (nSPS) is 23.3. The molecule has 1 aromatic carbocycles. The first-order valence-corrected chi connectivity index (χ1v) is 8.77. The third-order valence-electron chi connectivity index (χ3n) is 3.88. The molecule has 2 unspecified atom stereocenters. The van der Waals surface area contributed by atoms with E-state index in [4.69, 9.17) is 4.74 Å². The topological polar surface area (TPSA) is 75.6 Å². The monoisotopic (exact) mass is 313 g/mol. The fourth-order valence-corrected chi connectivity index (χ4v) is 4.18. The second-order valence-electron chi connectivity index (χ2n) is 5.82. The van der Waals surface area contributed by atoms with Crippen molar-refractivity contribution in [3.63, 3.8) is 0 Å². The average Bonchev–Trinajstić information content (AvgIpc) is 2.45. The number of aliphatic hydroxyl groups is 1. The average molecular weight is 313 g/mol. The Morgan fingerprint density at radius 2 is 2.14 bits per heavy atom. The van der Waals surface area contributed by atoms with Crippen LogP contribution < -0.4 is 5.32 Å². The van der Waals surface area contributed by atoms with Crippen molar-refractivity contribution in [2.75, 3.05) is 26.0 Å². The van der Waals surface area contributed by atoms with Gasteiger partial charge in [-0.05, 0) is 25.0 Å². The zero-order valence-corrected chi connectivity index (χ0v) is 13.3. The van der Waals surface area contributed by atoms with Crippen LogP contribution in [0.2, 0.25) is 0 Å². The van der Waals surface area contributed by atoms with E-state index < -0.39 is 15.4 Å². The van der Waals surface area contributed by atoms with Crippen LogP contribution in [0.1, 0.15) is 31.4 Å². The van der Waals surface area contributed by atoms with Crippen molar-refractivity contribution in [2.45, 2.75) is 36.3 Å². The zero-order chi connectivity index (χ0) is 15.5. The molecule has 21 heavy (non-hydrogen) atoms. The molecule has 2 atom stereocenters. The van der Waals surface area contributed by atoms with E-state index in [2.05, 4.69) is 5.32 Å². The molecule has 0 aromatic heterocycles. The molecule has 0 fully saturated rings. The summed E-state index contributed by atoms with van der Waals surface area (Å²) in [6, 6.07) is 7.04. The van der Waals surface area contributed by atoms with Crippen LogP contribution in [0.3, 0.4) is 0 Å². The molecule has 0 amide bonds. The minimum Gasteiger partial charge on any atom is -0.389 e. The lowest BCUT2D eigenvalue weighted by atomic mass is 9.99. The minimum atomic E-state index is -3.17. The predicted octanol–water partition coefficient (Wildman–Crippen LogP) is 1.28. The van der Waals surface area contributed by atoms with E-state index >= 15 is 0 Å². The van der Waals surface area contributed by atoms with Gasteiger partial charge in [-0.1, -0.05) is 18.2 Å². The number of hydrogen-bond acceptors (Lipinski definition) is 5. The van der Waals surface area contributed by atoms with Gasteiger partial charge in [-0.25, -0.2) is 8.42 Å². The highest BCUT2D eigenvalue weighted by Crippen LogP contribution is 2.32. The first-order valence-electron chi connectivity index (χ1n) is 7.12. The van der Waals surface area contributed by atoms with Gasteiger partial charge < -0.3 is 15.2 Å². The van der Waals surface area contributed by atoms with E-state index in [0.717, 1.165) is 5.56 Å². The number of hydrogen-bond donors (Lipinski definition) is 2. The van der Waals surface area contributed by atoms with Crippen LogP contribution in [0, 0.1) is 0 Å². The van der Waals surface area contributed by atoms with Crippen LogP contribution in [0.25, 0.3) is 0 Å². The van der Waals surface area contributed by atoms with Gasteiger partial charge in [-0.2, -0.15) is 0 Å². The zero-order valence-electron chi connectivity index (χ0n) is 12.5. The van der Waals surface area contributed by atoms with Gasteiger partial charge in [0.2, 0.25) is 0 Å². The van der Waals surface area contributed by atoms with Gasteiger partial charge in [0.05, 0.1) is 16.2 Å². The Bertz CT molecular complexity index is 583. The van der Waals surface area contributed by atoms with E-state index in [-0.39, 0.29) is 11.8 Å². The van der Waals surface area contributed by atoms with Gasteiger partial charge in [0.1, 0.15) is 0 Å². The lowest BCUT2D eigenvalue weighted by molar-refractivity contribution is 0.0225. The largest absolute Gasteiger partial charge is 0.389 e. The first kappa shape index (κ1) is 16.4. The molecule has 6 heteroatoms. The predicted molar refractivity (Wildman–Crippen MR) is 81.0 cm³/mol. The standard InChI is InChI=1S/C15H23NO4S/c1-15(17,8-9-20-2)11-16-13-7-10-21(18,19)14-6-4-3-5-12(13)14/h3-6,13,16-17H,7-11H2,1-2H3. The molecule has 1 heterocycles. The summed E-state index contributed by atoms with van der Waals surface area (Å²) in [5.41, 5.74) is -0.0762. The molecule has 0 spiro atoms. The molecular formula is C15H23NO4S. The summed E-state index contributed by atoms with van der Waals surface area (Å²) in [4.78, 5) is 0.408. The molecule has 0 aliphatic carbocycles. The van der Waals surface area contributed by atoms with E-state index in [0.29, 0.717) is 30.9 Å². The second kappa shape index (κ2) is 6.44. The van der Waals surface area contributed by atoms with Gasteiger partial charge >= 0.3 is 0 Å². The quantitative estimate of drug-likeness (QED) is 0.827. The summed E-state index contributed by atoms with van der Waals surface area (Å²) in [6.45, 7) is 2.64. The van der Waals surface area contributed by atoms with Gasteiger partial charge in [0.15, 0.2) is 9.84 Å². The van der Waals surface area contributed by atoms with Gasteiger partial charge in [0.25, 0.3) is 0 Å². The highest BCUT2D eigenvalue weighted by molar-refractivity contribution is 7.91. The van der Waals surface area contributed by atoms with Crippen molar-refractivity contribution in [2.24, 2.45) is 0 Å². The fourth-order valence-electron chi connectivity index (χ4n) is 2.56. The summed E-state index contributed by atoms with van der Waals surface area (Å²) in [5, 5.41) is 13.6. The third kappa shape index (κ3) is 4.03. The number of fused-ring (bicyclic) bond motifs is 1. The number of methoxy groups -OCH3 is 1. The minimum absolute atomic E-state index is 0.0428. The van der Waals surface area contributed by atoms with Gasteiger partial charge in [0, 0.05) is 32.7 Å². The van der Waals surface area contributed by atoms with E-state index in [1.54, 1.807) is 26.2 Å². The summed E-state index contributed by atoms with van der Waals surface area (Å²) in [6.07, 6.45) is 1.06. The Morgan fingerprint density at radius 1 is 1.43 bits per heavy atom. The summed E-state index contributed by atoms with van der Waals surface area (Å²) in [5.74, 6) is 0.141. The fraction of sp³-hybridized carbons (Fsp3) is 0.600. The Kier molecular flexibility index (Phi) is 5.03. The molecule has 118 valence electrons. The molecular weight excluding hydrogens is 290 g/mol. The van der Waals surface area contributed by atoms with Crippen molar-refractivity contribution >= 4 is 9.84 Å². The molecule has 1 aromatic rings. The van der Waals surface area contributed by atoms with Gasteiger partial charge in [-0.3, -0.25) is 0 Å². The van der Waals surface area contributed by atoms with Crippen molar-refractivity contribution < 1.29 is 18.3 Å². The Labute approximate surface area is 126 Å². The first-order chi connectivity index (χ1) is 9.86. The molecule has 5 nitrogen and oxygen atoms in total. The molecule has 0 saturated carbocycles. The Hall–Kier alpha value is -0.950. The van der Waals surface area contributed by atoms with Crippen LogP contribution in [0.5, 0.6) is 0 Å². The highest BCUT2D eigenvalue weighted by Gasteiger charge is 2.31. The van der Waals surface area contributed by atoms with Crippen molar-refractivity contribution in [3.8, 4) is 0 Å². The Morgan fingerprint density at radius 3 is 2.86 bits per heavy atom. The number of benzene rings is 1. The SMILES string of the molecule is COCCC(C)(O)CNC1CCS(=O)(=O)c2ccccc21. The third-order valence-corrected chi connectivity index (χ3v) is 5.69. The second-order valence-corrected chi connectivity index (χ2v) is 7.90. The molecule has 1 aliphatic rings. The molecule has 0 bridgehead atoms.